The van der Waals surface area contributed by atoms with Crippen LogP contribution in [0.15, 0.2) is 6.20 Å². The molecule has 0 radical (unpaired) electrons. The quantitative estimate of drug-likeness (QED) is 0.809. The number of aromatic nitrogens is 3. The third kappa shape index (κ3) is 3.30. The van der Waals surface area contributed by atoms with E-state index in [-0.39, 0.29) is 6.03 Å². The molecule has 0 saturated carbocycles. The average Bonchev–Trinajstić information content (AvgIpc) is 3.07. The molecule has 2 amide bonds. The fourth-order valence-corrected chi connectivity index (χ4v) is 3.90. The lowest BCUT2D eigenvalue weighted by atomic mass is 9.91. The number of amides is 2. The van der Waals surface area contributed by atoms with E-state index in [2.05, 4.69) is 25.8 Å². The Balaban J connectivity index is 1.50. The highest BCUT2D eigenvalue weighted by molar-refractivity contribution is 7.11. The Kier molecular flexibility index (Phi) is 4.42. The predicted octanol–water partition coefficient (Wildman–Crippen LogP) is 2.40. The van der Waals surface area contributed by atoms with E-state index in [0.29, 0.717) is 19.0 Å². The summed E-state index contributed by atoms with van der Waals surface area (Å²) < 4.78 is 0. The third-order valence-corrected chi connectivity index (χ3v) is 5.11. The topological polar surface area (TPSA) is 82.7 Å². The molecule has 0 saturated heterocycles. The highest BCUT2D eigenvalue weighted by Gasteiger charge is 2.24. The van der Waals surface area contributed by atoms with Crippen molar-refractivity contribution in [2.45, 2.75) is 45.6 Å². The number of aromatic amines is 1. The average molecular weight is 319 g/mol. The van der Waals surface area contributed by atoms with Crippen molar-refractivity contribution in [2.75, 3.05) is 6.54 Å². The standard InChI is InChI=1S/C15H21N5OS/c1-9-12(8-18-20-9)7-17-15(21)16-6-11-4-3-5-13-14(11)19-10(2)22-13/h8,11H,3-7H2,1-2H3,(H,18,20)(H2,16,17,21). The number of nitrogens with zero attached hydrogens (tertiary/aromatic N) is 2. The summed E-state index contributed by atoms with van der Waals surface area (Å²) in [5.74, 6) is 0.343. The molecule has 2 aromatic heterocycles. The van der Waals surface area contributed by atoms with Crippen LogP contribution in [0.25, 0.3) is 0 Å². The van der Waals surface area contributed by atoms with Crippen molar-refractivity contribution in [2.24, 2.45) is 0 Å². The number of carbonyl (C=O) groups excluding carboxylic acids is 1. The molecule has 3 N–H and O–H groups in total. The van der Waals surface area contributed by atoms with Crippen LogP contribution in [0.3, 0.4) is 0 Å². The van der Waals surface area contributed by atoms with E-state index in [1.807, 2.05) is 13.8 Å². The fourth-order valence-electron chi connectivity index (χ4n) is 2.84. The zero-order valence-electron chi connectivity index (χ0n) is 12.9. The van der Waals surface area contributed by atoms with E-state index in [9.17, 15) is 4.79 Å². The molecule has 0 aliphatic heterocycles. The molecular formula is C15H21N5OS. The minimum Gasteiger partial charge on any atom is -0.337 e. The van der Waals surface area contributed by atoms with Gasteiger partial charge in [-0.2, -0.15) is 5.10 Å². The fraction of sp³-hybridized carbons (Fsp3) is 0.533. The number of H-pyrrole nitrogens is 1. The van der Waals surface area contributed by atoms with Gasteiger partial charge in [0.2, 0.25) is 0 Å². The first kappa shape index (κ1) is 15.0. The maximum atomic E-state index is 11.9. The second-order valence-electron chi connectivity index (χ2n) is 5.71. The van der Waals surface area contributed by atoms with E-state index in [1.54, 1.807) is 17.5 Å². The van der Waals surface area contributed by atoms with Crippen molar-refractivity contribution < 1.29 is 4.79 Å². The first-order valence-corrected chi connectivity index (χ1v) is 8.42. The summed E-state index contributed by atoms with van der Waals surface area (Å²) in [6.07, 6.45) is 5.14. The number of fused-ring (bicyclic) bond motifs is 1. The molecule has 0 fully saturated rings. The summed E-state index contributed by atoms with van der Waals surface area (Å²) in [6, 6.07) is -0.139. The maximum absolute atomic E-state index is 11.9. The van der Waals surface area contributed by atoms with Crippen LogP contribution in [-0.4, -0.2) is 27.8 Å². The molecular weight excluding hydrogens is 298 g/mol. The van der Waals surface area contributed by atoms with Crippen molar-refractivity contribution in [1.82, 2.24) is 25.8 Å². The second kappa shape index (κ2) is 6.48. The van der Waals surface area contributed by atoms with Crippen LogP contribution in [0.1, 0.15) is 45.6 Å². The van der Waals surface area contributed by atoms with Crippen molar-refractivity contribution in [1.29, 1.82) is 0 Å². The number of rotatable bonds is 4. The molecule has 6 nitrogen and oxygen atoms in total. The zero-order valence-corrected chi connectivity index (χ0v) is 13.7. The van der Waals surface area contributed by atoms with E-state index in [1.165, 1.54) is 17.0 Å². The van der Waals surface area contributed by atoms with Gasteiger partial charge in [0.15, 0.2) is 0 Å². The molecule has 1 unspecified atom stereocenters. The van der Waals surface area contributed by atoms with Crippen LogP contribution in [-0.2, 0) is 13.0 Å². The molecule has 118 valence electrons. The molecule has 0 aromatic carbocycles. The Hall–Kier alpha value is -1.89. The molecule has 2 aromatic rings. The zero-order chi connectivity index (χ0) is 15.5. The number of carbonyl (C=O) groups is 1. The van der Waals surface area contributed by atoms with Crippen LogP contribution < -0.4 is 10.6 Å². The first-order chi connectivity index (χ1) is 10.6. The normalized spacial score (nSPS) is 17.1. The number of nitrogens with one attached hydrogen (secondary N) is 3. The van der Waals surface area contributed by atoms with Gasteiger partial charge in [0.05, 0.1) is 16.9 Å². The Bertz CT molecular complexity index is 663. The summed E-state index contributed by atoms with van der Waals surface area (Å²) in [6.45, 7) is 5.12. The summed E-state index contributed by atoms with van der Waals surface area (Å²) in [5.41, 5.74) is 3.18. The molecule has 0 spiro atoms. The van der Waals surface area contributed by atoms with E-state index in [4.69, 9.17) is 0 Å². The van der Waals surface area contributed by atoms with Gasteiger partial charge in [0.1, 0.15) is 0 Å². The second-order valence-corrected chi connectivity index (χ2v) is 7.00. The van der Waals surface area contributed by atoms with Gasteiger partial charge < -0.3 is 10.6 Å². The Labute approximate surface area is 133 Å². The highest BCUT2D eigenvalue weighted by Crippen LogP contribution is 2.34. The van der Waals surface area contributed by atoms with E-state index < -0.39 is 0 Å². The maximum Gasteiger partial charge on any atom is 0.315 e. The minimum absolute atomic E-state index is 0.139. The first-order valence-electron chi connectivity index (χ1n) is 7.60. The SMILES string of the molecule is Cc1nc2c(s1)CCCC2CNC(=O)NCc1cn[nH]c1C. The molecule has 7 heteroatoms. The molecule has 1 aliphatic rings. The van der Waals surface area contributed by atoms with Gasteiger partial charge in [-0.25, -0.2) is 9.78 Å². The third-order valence-electron chi connectivity index (χ3n) is 4.06. The van der Waals surface area contributed by atoms with Crippen molar-refractivity contribution in [3.63, 3.8) is 0 Å². The van der Waals surface area contributed by atoms with Gasteiger partial charge in [0.25, 0.3) is 0 Å². The molecule has 1 aliphatic carbocycles. The monoisotopic (exact) mass is 319 g/mol. The van der Waals surface area contributed by atoms with Crippen LogP contribution in [0, 0.1) is 13.8 Å². The molecule has 3 rings (SSSR count). The predicted molar refractivity (Wildman–Crippen MR) is 86.1 cm³/mol. The summed E-state index contributed by atoms with van der Waals surface area (Å²) in [5, 5.41) is 13.8. The smallest absolute Gasteiger partial charge is 0.315 e. The van der Waals surface area contributed by atoms with Crippen LogP contribution >= 0.6 is 11.3 Å². The van der Waals surface area contributed by atoms with Crippen molar-refractivity contribution >= 4 is 17.4 Å². The number of hydrogen-bond donors (Lipinski definition) is 3. The number of thiazole rings is 1. The molecule has 22 heavy (non-hydrogen) atoms. The van der Waals surface area contributed by atoms with Gasteiger partial charge in [-0.3, -0.25) is 5.10 Å². The minimum atomic E-state index is -0.139. The number of aryl methyl sites for hydroxylation is 3. The Morgan fingerprint density at radius 3 is 3.09 bits per heavy atom. The Morgan fingerprint density at radius 2 is 2.32 bits per heavy atom. The summed E-state index contributed by atoms with van der Waals surface area (Å²) in [7, 11) is 0. The highest BCUT2D eigenvalue weighted by atomic mass is 32.1. The summed E-state index contributed by atoms with van der Waals surface area (Å²) in [4.78, 5) is 18.0. The number of urea groups is 1. The van der Waals surface area contributed by atoms with Crippen LogP contribution in [0.4, 0.5) is 4.79 Å². The summed E-state index contributed by atoms with van der Waals surface area (Å²) >= 11 is 1.79. The van der Waals surface area contributed by atoms with Gasteiger partial charge in [0, 0.05) is 35.1 Å². The molecule has 2 heterocycles. The van der Waals surface area contributed by atoms with Crippen molar-refractivity contribution in [3.05, 3.63) is 33.0 Å². The van der Waals surface area contributed by atoms with Gasteiger partial charge in [-0.15, -0.1) is 11.3 Å². The van der Waals surface area contributed by atoms with Crippen molar-refractivity contribution in [3.8, 4) is 0 Å². The molecule has 1 atom stereocenters. The molecule has 0 bridgehead atoms. The lowest BCUT2D eigenvalue weighted by molar-refractivity contribution is 0.239. The van der Waals surface area contributed by atoms with E-state index in [0.717, 1.165) is 29.1 Å². The van der Waals surface area contributed by atoms with Gasteiger partial charge >= 0.3 is 6.03 Å². The Morgan fingerprint density at radius 1 is 1.45 bits per heavy atom. The van der Waals surface area contributed by atoms with E-state index >= 15 is 0 Å². The van der Waals surface area contributed by atoms with Gasteiger partial charge in [-0.1, -0.05) is 0 Å². The van der Waals surface area contributed by atoms with Crippen LogP contribution in [0.5, 0.6) is 0 Å². The lowest BCUT2D eigenvalue weighted by Gasteiger charge is -2.21. The lowest BCUT2D eigenvalue weighted by Crippen LogP contribution is -2.38. The number of hydrogen-bond acceptors (Lipinski definition) is 4. The van der Waals surface area contributed by atoms with Gasteiger partial charge in [-0.05, 0) is 33.1 Å². The largest absolute Gasteiger partial charge is 0.337 e. The van der Waals surface area contributed by atoms with Crippen LogP contribution in [0.2, 0.25) is 0 Å².